The zero-order valence-electron chi connectivity index (χ0n) is 11.1. The van der Waals surface area contributed by atoms with Crippen molar-refractivity contribution < 1.29 is 9.90 Å². The van der Waals surface area contributed by atoms with E-state index in [2.05, 4.69) is 11.8 Å². The van der Waals surface area contributed by atoms with Gasteiger partial charge in [0.15, 0.2) is 0 Å². The predicted octanol–water partition coefficient (Wildman–Crippen LogP) is 2.26. The summed E-state index contributed by atoms with van der Waals surface area (Å²) in [6.07, 6.45) is 0.419. The van der Waals surface area contributed by atoms with E-state index < -0.39 is 0 Å². The second-order valence-corrected chi connectivity index (χ2v) is 6.01. The highest BCUT2D eigenvalue weighted by molar-refractivity contribution is 7.99. The van der Waals surface area contributed by atoms with Crippen molar-refractivity contribution >= 4 is 29.3 Å². The van der Waals surface area contributed by atoms with Crippen LogP contribution in [0.1, 0.15) is 22.3 Å². The third-order valence-corrected chi connectivity index (χ3v) is 4.23. The molecule has 5 heteroatoms. The van der Waals surface area contributed by atoms with E-state index in [9.17, 15) is 4.79 Å². The number of carbonyl (C=O) groups is 1. The summed E-state index contributed by atoms with van der Waals surface area (Å²) < 4.78 is 0. The van der Waals surface area contributed by atoms with Gasteiger partial charge in [-0.2, -0.15) is 11.8 Å². The maximum absolute atomic E-state index is 12.3. The van der Waals surface area contributed by atoms with Crippen molar-refractivity contribution in [3.8, 4) is 11.8 Å². The minimum absolute atomic E-state index is 0.0297. The molecule has 20 heavy (non-hydrogen) atoms. The minimum Gasteiger partial charge on any atom is -0.395 e. The molecule has 3 nitrogen and oxygen atoms in total. The molecule has 106 valence electrons. The van der Waals surface area contributed by atoms with E-state index in [1.165, 1.54) is 0 Å². The van der Waals surface area contributed by atoms with Crippen LogP contribution in [0.4, 0.5) is 0 Å². The molecular weight excluding hydrogens is 294 g/mol. The SMILES string of the molecule is O=C(c1ccc(C#CCCO)c(Cl)c1)N1CCSCC1. The Balaban J connectivity index is 2.12. The molecule has 0 atom stereocenters. The predicted molar refractivity (Wildman–Crippen MR) is 83.3 cm³/mol. The van der Waals surface area contributed by atoms with Crippen LogP contribution in [0.15, 0.2) is 18.2 Å². The van der Waals surface area contributed by atoms with Crippen LogP contribution in [-0.4, -0.2) is 47.1 Å². The van der Waals surface area contributed by atoms with Gasteiger partial charge in [-0.1, -0.05) is 23.4 Å². The number of rotatable bonds is 2. The van der Waals surface area contributed by atoms with Crippen LogP contribution in [0.25, 0.3) is 0 Å². The van der Waals surface area contributed by atoms with Crippen LogP contribution in [0, 0.1) is 11.8 Å². The summed E-state index contributed by atoms with van der Waals surface area (Å²) in [5, 5.41) is 9.17. The second kappa shape index (κ2) is 7.58. The van der Waals surface area contributed by atoms with E-state index in [0.717, 1.165) is 24.6 Å². The van der Waals surface area contributed by atoms with Crippen LogP contribution in [0.2, 0.25) is 5.02 Å². The van der Waals surface area contributed by atoms with Gasteiger partial charge in [-0.3, -0.25) is 4.79 Å². The number of aliphatic hydroxyl groups excluding tert-OH is 1. The van der Waals surface area contributed by atoms with Crippen LogP contribution in [0.5, 0.6) is 0 Å². The summed E-state index contributed by atoms with van der Waals surface area (Å²) in [4.78, 5) is 14.2. The number of benzene rings is 1. The summed E-state index contributed by atoms with van der Waals surface area (Å²) >= 11 is 8.02. The number of halogens is 1. The molecule has 0 saturated carbocycles. The summed E-state index contributed by atoms with van der Waals surface area (Å²) in [7, 11) is 0. The van der Waals surface area contributed by atoms with Gasteiger partial charge in [0.25, 0.3) is 5.91 Å². The molecule has 1 N–H and O–H groups in total. The first-order chi connectivity index (χ1) is 9.72. The minimum atomic E-state index is 0.0297. The van der Waals surface area contributed by atoms with Gasteiger partial charge in [-0.05, 0) is 18.2 Å². The zero-order chi connectivity index (χ0) is 14.4. The number of carbonyl (C=O) groups excluding carboxylic acids is 1. The van der Waals surface area contributed by atoms with E-state index in [1.807, 2.05) is 16.7 Å². The van der Waals surface area contributed by atoms with Crippen molar-refractivity contribution in [1.29, 1.82) is 0 Å². The van der Waals surface area contributed by atoms with Crippen molar-refractivity contribution in [2.24, 2.45) is 0 Å². The van der Waals surface area contributed by atoms with Gasteiger partial charge in [-0.25, -0.2) is 0 Å². The lowest BCUT2D eigenvalue weighted by atomic mass is 10.1. The lowest BCUT2D eigenvalue weighted by molar-refractivity contribution is 0.0772. The average molecular weight is 310 g/mol. The summed E-state index contributed by atoms with van der Waals surface area (Å²) in [6.45, 7) is 1.62. The highest BCUT2D eigenvalue weighted by Crippen LogP contribution is 2.19. The van der Waals surface area contributed by atoms with Crippen LogP contribution < -0.4 is 0 Å². The first-order valence-corrected chi connectivity index (χ1v) is 8.02. The Kier molecular flexibility index (Phi) is 5.78. The Hall–Kier alpha value is -1.15. The summed E-state index contributed by atoms with van der Waals surface area (Å²) in [6, 6.07) is 5.20. The van der Waals surface area contributed by atoms with Crippen molar-refractivity contribution in [2.45, 2.75) is 6.42 Å². The number of hydrogen-bond donors (Lipinski definition) is 1. The monoisotopic (exact) mass is 309 g/mol. The molecule has 1 amide bonds. The molecule has 1 heterocycles. The van der Waals surface area contributed by atoms with Crippen molar-refractivity contribution in [3.05, 3.63) is 34.3 Å². The fourth-order valence-corrected chi connectivity index (χ4v) is 3.04. The van der Waals surface area contributed by atoms with E-state index in [-0.39, 0.29) is 12.5 Å². The number of aliphatic hydroxyl groups is 1. The molecule has 0 radical (unpaired) electrons. The van der Waals surface area contributed by atoms with E-state index in [1.54, 1.807) is 18.2 Å². The van der Waals surface area contributed by atoms with Crippen LogP contribution in [-0.2, 0) is 0 Å². The molecule has 0 aliphatic carbocycles. The van der Waals surface area contributed by atoms with Gasteiger partial charge in [0, 0.05) is 42.1 Å². The molecule has 0 spiro atoms. The Labute approximate surface area is 128 Å². The third kappa shape index (κ3) is 3.92. The number of amides is 1. The van der Waals surface area contributed by atoms with Crippen LogP contribution in [0.3, 0.4) is 0 Å². The molecule has 1 aliphatic rings. The van der Waals surface area contributed by atoms with Crippen molar-refractivity contribution in [3.63, 3.8) is 0 Å². The molecule has 1 saturated heterocycles. The third-order valence-electron chi connectivity index (χ3n) is 2.97. The Morgan fingerprint density at radius 2 is 2.15 bits per heavy atom. The fourth-order valence-electron chi connectivity index (χ4n) is 1.91. The molecular formula is C15H16ClNO2S. The normalized spacial score (nSPS) is 14.6. The van der Waals surface area contributed by atoms with Gasteiger partial charge in [0.05, 0.1) is 11.6 Å². The number of hydrogen-bond acceptors (Lipinski definition) is 3. The number of nitrogens with zero attached hydrogens (tertiary/aromatic N) is 1. The topological polar surface area (TPSA) is 40.5 Å². The molecule has 1 aromatic rings. The van der Waals surface area contributed by atoms with Gasteiger partial charge in [-0.15, -0.1) is 0 Å². The van der Waals surface area contributed by atoms with Crippen molar-refractivity contribution in [2.75, 3.05) is 31.2 Å². The van der Waals surface area contributed by atoms with Gasteiger partial charge in [0.1, 0.15) is 0 Å². The molecule has 1 aromatic carbocycles. The zero-order valence-corrected chi connectivity index (χ0v) is 12.6. The molecule has 0 aromatic heterocycles. The Morgan fingerprint density at radius 1 is 1.40 bits per heavy atom. The first-order valence-electron chi connectivity index (χ1n) is 6.48. The molecule has 1 aliphatic heterocycles. The second-order valence-electron chi connectivity index (χ2n) is 4.37. The van der Waals surface area contributed by atoms with E-state index in [4.69, 9.17) is 16.7 Å². The maximum Gasteiger partial charge on any atom is 0.253 e. The van der Waals surface area contributed by atoms with Gasteiger partial charge >= 0.3 is 0 Å². The smallest absolute Gasteiger partial charge is 0.253 e. The maximum atomic E-state index is 12.3. The van der Waals surface area contributed by atoms with Gasteiger partial charge < -0.3 is 10.0 Å². The quantitative estimate of drug-likeness (QED) is 0.852. The molecule has 0 bridgehead atoms. The molecule has 2 rings (SSSR count). The Bertz CT molecular complexity index is 545. The van der Waals surface area contributed by atoms with Crippen LogP contribution >= 0.6 is 23.4 Å². The van der Waals surface area contributed by atoms with Crippen molar-refractivity contribution in [1.82, 2.24) is 4.90 Å². The lowest BCUT2D eigenvalue weighted by Gasteiger charge is -2.26. The highest BCUT2D eigenvalue weighted by atomic mass is 35.5. The van der Waals surface area contributed by atoms with E-state index in [0.29, 0.717) is 22.6 Å². The fraction of sp³-hybridized carbons (Fsp3) is 0.400. The molecule has 1 fully saturated rings. The lowest BCUT2D eigenvalue weighted by Crippen LogP contribution is -2.37. The molecule has 0 unspecified atom stereocenters. The van der Waals surface area contributed by atoms with Gasteiger partial charge in [0.2, 0.25) is 0 Å². The number of thioether (sulfide) groups is 1. The average Bonchev–Trinajstić information content (AvgIpc) is 2.49. The standard InChI is InChI=1S/C15H16ClNO2S/c16-14-11-13(5-4-12(14)3-1-2-8-18)15(19)17-6-9-20-10-7-17/h4-5,11,18H,2,6-10H2. The highest BCUT2D eigenvalue weighted by Gasteiger charge is 2.18. The summed E-state index contributed by atoms with van der Waals surface area (Å²) in [5.41, 5.74) is 1.29. The Morgan fingerprint density at radius 3 is 2.80 bits per heavy atom. The summed E-state index contributed by atoms with van der Waals surface area (Å²) in [5.74, 6) is 7.72. The van der Waals surface area contributed by atoms with E-state index >= 15 is 0 Å². The first kappa shape index (κ1) is 15.2. The largest absolute Gasteiger partial charge is 0.395 e.